The molecule has 0 saturated carbocycles. The first-order valence-electron chi connectivity index (χ1n) is 5.16. The van der Waals surface area contributed by atoms with Crippen LogP contribution in [0.4, 0.5) is 0 Å². The summed E-state index contributed by atoms with van der Waals surface area (Å²) in [6.45, 7) is 8.18. The van der Waals surface area contributed by atoms with Gasteiger partial charge in [-0.1, -0.05) is 26.7 Å². The maximum Gasteiger partial charge on any atom is 0.152 e. The summed E-state index contributed by atoms with van der Waals surface area (Å²) in [5, 5.41) is 3.04. The lowest BCUT2D eigenvalue weighted by molar-refractivity contribution is -0.124. The Morgan fingerprint density at radius 1 is 1.46 bits per heavy atom. The molecule has 0 amide bonds. The van der Waals surface area contributed by atoms with Crippen LogP contribution in [0, 0.1) is 5.92 Å². The molecule has 0 radical (unpaired) electrons. The minimum atomic E-state index is -0.359. The second-order valence-electron chi connectivity index (χ2n) is 4.40. The van der Waals surface area contributed by atoms with Gasteiger partial charge in [-0.15, -0.1) is 0 Å². The summed E-state index contributed by atoms with van der Waals surface area (Å²) in [6, 6.07) is 0. The predicted octanol–water partition coefficient (Wildman–Crippen LogP) is 2.38. The molecule has 0 fully saturated rings. The smallest absolute Gasteiger partial charge is 0.152 e. The Morgan fingerprint density at radius 3 is 2.38 bits per heavy atom. The molecule has 0 rings (SSSR count). The van der Waals surface area contributed by atoms with E-state index in [0.717, 1.165) is 12.8 Å². The number of nitrogens with one attached hydrogen (secondary N) is 1. The number of hydrogen-bond donors (Lipinski definition) is 1. The van der Waals surface area contributed by atoms with Crippen molar-refractivity contribution in [2.24, 2.45) is 5.92 Å². The maximum absolute atomic E-state index is 11.7. The van der Waals surface area contributed by atoms with Gasteiger partial charge in [0.1, 0.15) is 0 Å². The Bertz CT molecular complexity index is 163. The highest BCUT2D eigenvalue weighted by Crippen LogP contribution is 2.15. The number of ketones is 1. The normalized spacial score (nSPS) is 14.2. The fourth-order valence-corrected chi connectivity index (χ4v) is 1.31. The minimum absolute atomic E-state index is 0.316. The molecule has 0 aliphatic rings. The SMILES string of the molecule is CCCC(C)CC(=O)C(C)(C)NC. The molecule has 0 aromatic carbocycles. The highest BCUT2D eigenvalue weighted by molar-refractivity contribution is 5.87. The molecule has 0 spiro atoms. The molecule has 0 aliphatic carbocycles. The van der Waals surface area contributed by atoms with Crippen LogP contribution in [0.5, 0.6) is 0 Å². The van der Waals surface area contributed by atoms with E-state index in [0.29, 0.717) is 18.1 Å². The van der Waals surface area contributed by atoms with Gasteiger partial charge in [0.15, 0.2) is 5.78 Å². The van der Waals surface area contributed by atoms with Gasteiger partial charge in [-0.3, -0.25) is 4.79 Å². The van der Waals surface area contributed by atoms with Crippen molar-refractivity contribution in [3.8, 4) is 0 Å². The number of rotatable bonds is 6. The lowest BCUT2D eigenvalue weighted by Crippen LogP contribution is -2.44. The number of carbonyl (C=O) groups excluding carboxylic acids is 1. The number of carbonyl (C=O) groups is 1. The van der Waals surface area contributed by atoms with Crippen LogP contribution in [0.2, 0.25) is 0 Å². The van der Waals surface area contributed by atoms with Crippen molar-refractivity contribution in [3.05, 3.63) is 0 Å². The zero-order chi connectivity index (χ0) is 10.5. The molecule has 1 unspecified atom stereocenters. The van der Waals surface area contributed by atoms with Crippen molar-refractivity contribution in [3.63, 3.8) is 0 Å². The Kier molecular flexibility index (Phi) is 5.23. The highest BCUT2D eigenvalue weighted by atomic mass is 16.1. The van der Waals surface area contributed by atoms with Crippen molar-refractivity contribution >= 4 is 5.78 Å². The lowest BCUT2D eigenvalue weighted by Gasteiger charge is -2.23. The minimum Gasteiger partial charge on any atom is -0.308 e. The van der Waals surface area contributed by atoms with Gasteiger partial charge in [0, 0.05) is 6.42 Å². The summed E-state index contributed by atoms with van der Waals surface area (Å²) >= 11 is 0. The monoisotopic (exact) mass is 185 g/mol. The van der Waals surface area contributed by atoms with Gasteiger partial charge in [-0.05, 0) is 26.8 Å². The molecular formula is C11H23NO. The van der Waals surface area contributed by atoms with E-state index in [1.807, 2.05) is 20.9 Å². The standard InChI is InChI=1S/C11H23NO/c1-6-7-9(2)8-10(13)11(3,4)12-5/h9,12H,6-8H2,1-5H3. The Labute approximate surface area is 82.1 Å². The van der Waals surface area contributed by atoms with Crippen molar-refractivity contribution < 1.29 is 4.79 Å². The van der Waals surface area contributed by atoms with E-state index in [2.05, 4.69) is 19.2 Å². The molecule has 0 aromatic heterocycles. The molecule has 2 nitrogen and oxygen atoms in total. The van der Waals surface area contributed by atoms with Gasteiger partial charge in [-0.25, -0.2) is 0 Å². The van der Waals surface area contributed by atoms with Gasteiger partial charge in [-0.2, -0.15) is 0 Å². The second kappa shape index (κ2) is 5.38. The van der Waals surface area contributed by atoms with Gasteiger partial charge in [0.05, 0.1) is 5.54 Å². The Balaban J connectivity index is 3.99. The summed E-state index contributed by atoms with van der Waals surface area (Å²) in [5.41, 5.74) is -0.359. The molecule has 1 N–H and O–H groups in total. The van der Waals surface area contributed by atoms with Gasteiger partial charge in [0.25, 0.3) is 0 Å². The van der Waals surface area contributed by atoms with Crippen LogP contribution in [0.3, 0.4) is 0 Å². The van der Waals surface area contributed by atoms with E-state index in [-0.39, 0.29) is 5.54 Å². The third kappa shape index (κ3) is 4.41. The average molecular weight is 185 g/mol. The first-order valence-corrected chi connectivity index (χ1v) is 5.16. The highest BCUT2D eigenvalue weighted by Gasteiger charge is 2.25. The summed E-state index contributed by atoms with van der Waals surface area (Å²) < 4.78 is 0. The van der Waals surface area contributed by atoms with Crippen LogP contribution >= 0.6 is 0 Å². The molecule has 0 aliphatic heterocycles. The number of likely N-dealkylation sites (N-methyl/N-ethyl adjacent to an activating group) is 1. The first-order chi connectivity index (χ1) is 5.94. The third-order valence-electron chi connectivity index (χ3n) is 2.64. The summed E-state index contributed by atoms with van der Waals surface area (Å²) in [7, 11) is 1.84. The zero-order valence-electron chi connectivity index (χ0n) is 9.61. The van der Waals surface area contributed by atoms with Crippen LogP contribution in [0.25, 0.3) is 0 Å². The molecule has 0 aromatic rings. The quantitative estimate of drug-likeness (QED) is 0.688. The van der Waals surface area contributed by atoms with E-state index in [4.69, 9.17) is 0 Å². The lowest BCUT2D eigenvalue weighted by atomic mass is 9.90. The van der Waals surface area contributed by atoms with Gasteiger partial charge >= 0.3 is 0 Å². The summed E-state index contributed by atoms with van der Waals surface area (Å²) in [6.07, 6.45) is 3.00. The maximum atomic E-state index is 11.7. The van der Waals surface area contributed by atoms with E-state index in [9.17, 15) is 4.79 Å². The fraction of sp³-hybridized carbons (Fsp3) is 0.909. The topological polar surface area (TPSA) is 29.1 Å². The molecule has 1 atom stereocenters. The molecule has 2 heteroatoms. The number of Topliss-reactive ketones (excluding diaryl/α,β-unsaturated/α-hetero) is 1. The molecule has 0 bridgehead atoms. The van der Waals surface area contributed by atoms with Crippen molar-refractivity contribution in [1.82, 2.24) is 5.32 Å². The van der Waals surface area contributed by atoms with E-state index >= 15 is 0 Å². The van der Waals surface area contributed by atoms with Crippen LogP contribution in [-0.4, -0.2) is 18.4 Å². The van der Waals surface area contributed by atoms with Crippen molar-refractivity contribution in [2.75, 3.05) is 7.05 Å². The van der Waals surface area contributed by atoms with E-state index in [1.54, 1.807) is 0 Å². The molecule has 0 saturated heterocycles. The van der Waals surface area contributed by atoms with Crippen LogP contribution < -0.4 is 5.32 Å². The summed E-state index contributed by atoms with van der Waals surface area (Å²) in [4.78, 5) is 11.7. The van der Waals surface area contributed by atoms with E-state index < -0.39 is 0 Å². The fourth-order valence-electron chi connectivity index (χ4n) is 1.31. The van der Waals surface area contributed by atoms with Crippen molar-refractivity contribution in [1.29, 1.82) is 0 Å². The molecule has 13 heavy (non-hydrogen) atoms. The summed E-state index contributed by atoms with van der Waals surface area (Å²) in [5.74, 6) is 0.834. The van der Waals surface area contributed by atoms with Gasteiger partial charge < -0.3 is 5.32 Å². The first kappa shape index (κ1) is 12.6. The second-order valence-corrected chi connectivity index (χ2v) is 4.40. The van der Waals surface area contributed by atoms with Crippen molar-refractivity contribution in [2.45, 2.75) is 52.5 Å². The van der Waals surface area contributed by atoms with Crippen LogP contribution in [0.15, 0.2) is 0 Å². The number of hydrogen-bond acceptors (Lipinski definition) is 2. The average Bonchev–Trinajstić information content (AvgIpc) is 2.04. The predicted molar refractivity (Wildman–Crippen MR) is 56.8 cm³/mol. The molecule has 0 heterocycles. The van der Waals surface area contributed by atoms with Crippen LogP contribution in [-0.2, 0) is 4.79 Å². The van der Waals surface area contributed by atoms with Crippen LogP contribution in [0.1, 0.15) is 47.0 Å². The zero-order valence-corrected chi connectivity index (χ0v) is 9.61. The molecule has 78 valence electrons. The Morgan fingerprint density at radius 2 is 2.00 bits per heavy atom. The Hall–Kier alpha value is -0.370. The van der Waals surface area contributed by atoms with E-state index in [1.165, 1.54) is 0 Å². The molecular weight excluding hydrogens is 162 g/mol. The largest absolute Gasteiger partial charge is 0.308 e. The van der Waals surface area contributed by atoms with Gasteiger partial charge in [0.2, 0.25) is 0 Å². The third-order valence-corrected chi connectivity index (χ3v) is 2.64.